The standard InChI is InChI=1S/C18H28N4.HI/c1-3-5-9-12-20-18(19-4-2)22-15-13-21(14-16-22)17-10-7-6-8-11-17;/h3,5-8,10-11H,4,9,12-16H2,1-2H3,(H,19,20);1H/b5-3+;. The molecular formula is C18H29IN4. The van der Waals surface area contributed by atoms with Crippen LogP contribution in [0.4, 0.5) is 5.69 Å². The van der Waals surface area contributed by atoms with Gasteiger partial charge in [0.25, 0.3) is 0 Å². The van der Waals surface area contributed by atoms with Crippen LogP contribution in [0.1, 0.15) is 20.3 Å². The Hall–Kier alpha value is -1.24. The molecule has 0 saturated carbocycles. The Morgan fingerprint density at radius 3 is 2.48 bits per heavy atom. The van der Waals surface area contributed by atoms with Crippen LogP contribution >= 0.6 is 24.0 Å². The lowest BCUT2D eigenvalue weighted by atomic mass is 10.2. The molecule has 0 unspecified atom stereocenters. The number of rotatable bonds is 5. The molecule has 0 aromatic heterocycles. The van der Waals surface area contributed by atoms with Gasteiger partial charge in [0.05, 0.1) is 0 Å². The van der Waals surface area contributed by atoms with Crippen LogP contribution in [0.25, 0.3) is 0 Å². The molecule has 1 saturated heterocycles. The highest BCUT2D eigenvalue weighted by Crippen LogP contribution is 2.15. The minimum absolute atomic E-state index is 0. The average Bonchev–Trinajstić information content (AvgIpc) is 2.59. The van der Waals surface area contributed by atoms with Gasteiger partial charge in [-0.15, -0.1) is 24.0 Å². The summed E-state index contributed by atoms with van der Waals surface area (Å²) in [5.41, 5.74) is 1.32. The Balaban J connectivity index is 0.00000264. The number of benzene rings is 1. The highest BCUT2D eigenvalue weighted by atomic mass is 127. The second-order valence-corrected chi connectivity index (χ2v) is 5.40. The van der Waals surface area contributed by atoms with Crippen molar-refractivity contribution in [2.75, 3.05) is 44.2 Å². The van der Waals surface area contributed by atoms with Crippen molar-refractivity contribution >= 4 is 35.6 Å². The summed E-state index contributed by atoms with van der Waals surface area (Å²) in [6, 6.07) is 10.7. The van der Waals surface area contributed by atoms with Crippen LogP contribution in [0.5, 0.6) is 0 Å². The van der Waals surface area contributed by atoms with Crippen LogP contribution in [0.2, 0.25) is 0 Å². The van der Waals surface area contributed by atoms with Gasteiger partial charge in [-0.3, -0.25) is 4.99 Å². The lowest BCUT2D eigenvalue weighted by Crippen LogP contribution is -2.52. The summed E-state index contributed by atoms with van der Waals surface area (Å²) < 4.78 is 0. The van der Waals surface area contributed by atoms with E-state index < -0.39 is 0 Å². The number of nitrogens with one attached hydrogen (secondary N) is 1. The predicted octanol–water partition coefficient (Wildman–Crippen LogP) is 3.36. The molecule has 1 aliphatic rings. The van der Waals surface area contributed by atoms with E-state index in [1.54, 1.807) is 0 Å². The summed E-state index contributed by atoms with van der Waals surface area (Å²) in [5.74, 6) is 1.06. The molecule has 1 aliphatic heterocycles. The molecule has 0 spiro atoms. The van der Waals surface area contributed by atoms with E-state index in [1.165, 1.54) is 5.69 Å². The quantitative estimate of drug-likeness (QED) is 0.257. The lowest BCUT2D eigenvalue weighted by Gasteiger charge is -2.37. The normalized spacial score (nSPS) is 15.7. The van der Waals surface area contributed by atoms with E-state index in [0.29, 0.717) is 0 Å². The summed E-state index contributed by atoms with van der Waals surface area (Å²) >= 11 is 0. The number of halogens is 1. The molecule has 23 heavy (non-hydrogen) atoms. The summed E-state index contributed by atoms with van der Waals surface area (Å²) in [6.07, 6.45) is 5.26. The van der Waals surface area contributed by atoms with Gasteiger partial charge in [0, 0.05) is 45.0 Å². The van der Waals surface area contributed by atoms with Crippen molar-refractivity contribution in [1.82, 2.24) is 10.2 Å². The fraction of sp³-hybridized carbons (Fsp3) is 0.500. The topological polar surface area (TPSA) is 30.9 Å². The molecule has 1 aromatic rings. The molecular weight excluding hydrogens is 399 g/mol. The molecule has 1 N–H and O–H groups in total. The van der Waals surface area contributed by atoms with E-state index in [9.17, 15) is 0 Å². The maximum atomic E-state index is 4.73. The van der Waals surface area contributed by atoms with E-state index in [0.717, 1.165) is 51.6 Å². The molecule has 0 atom stereocenters. The van der Waals surface area contributed by atoms with Crippen molar-refractivity contribution in [2.45, 2.75) is 20.3 Å². The molecule has 5 heteroatoms. The van der Waals surface area contributed by atoms with Crippen molar-refractivity contribution in [3.05, 3.63) is 42.5 Å². The minimum Gasteiger partial charge on any atom is -0.368 e. The van der Waals surface area contributed by atoms with Crippen LogP contribution in [0.15, 0.2) is 47.5 Å². The Labute approximate surface area is 157 Å². The van der Waals surface area contributed by atoms with Gasteiger partial charge >= 0.3 is 0 Å². The largest absolute Gasteiger partial charge is 0.368 e. The second kappa shape index (κ2) is 11.3. The molecule has 1 heterocycles. The van der Waals surface area contributed by atoms with Crippen molar-refractivity contribution < 1.29 is 0 Å². The Bertz CT molecular complexity index is 479. The highest BCUT2D eigenvalue weighted by Gasteiger charge is 2.19. The Morgan fingerprint density at radius 1 is 1.17 bits per heavy atom. The number of para-hydroxylation sites is 1. The number of nitrogens with zero attached hydrogens (tertiary/aromatic N) is 3. The van der Waals surface area contributed by atoms with Gasteiger partial charge in [0.2, 0.25) is 0 Å². The van der Waals surface area contributed by atoms with Crippen LogP contribution < -0.4 is 10.2 Å². The van der Waals surface area contributed by atoms with Gasteiger partial charge < -0.3 is 15.1 Å². The molecule has 0 amide bonds. The number of piperazine rings is 1. The van der Waals surface area contributed by atoms with Gasteiger partial charge in [0.1, 0.15) is 0 Å². The third-order valence-electron chi connectivity index (χ3n) is 3.83. The average molecular weight is 428 g/mol. The number of guanidine groups is 1. The monoisotopic (exact) mass is 428 g/mol. The second-order valence-electron chi connectivity index (χ2n) is 5.40. The molecule has 128 valence electrons. The highest BCUT2D eigenvalue weighted by molar-refractivity contribution is 14.0. The molecule has 4 nitrogen and oxygen atoms in total. The molecule has 0 bridgehead atoms. The zero-order valence-corrected chi connectivity index (χ0v) is 16.6. The predicted molar refractivity (Wildman–Crippen MR) is 111 cm³/mol. The third kappa shape index (κ3) is 6.41. The van der Waals surface area contributed by atoms with Crippen LogP contribution in [-0.4, -0.2) is 50.1 Å². The number of aliphatic imine (C=N–C) groups is 1. The summed E-state index contributed by atoms with van der Waals surface area (Å²) in [4.78, 5) is 9.55. The first kappa shape index (κ1) is 19.8. The van der Waals surface area contributed by atoms with Crippen LogP contribution in [0, 0.1) is 0 Å². The lowest BCUT2D eigenvalue weighted by molar-refractivity contribution is 0.372. The first-order valence-corrected chi connectivity index (χ1v) is 8.29. The van der Waals surface area contributed by atoms with E-state index in [-0.39, 0.29) is 24.0 Å². The molecule has 0 radical (unpaired) electrons. The van der Waals surface area contributed by atoms with Crippen LogP contribution in [-0.2, 0) is 0 Å². The zero-order valence-electron chi connectivity index (χ0n) is 14.2. The summed E-state index contributed by atoms with van der Waals surface area (Å²) in [6.45, 7) is 10.1. The minimum atomic E-state index is 0. The SMILES string of the molecule is C/C=C/CCN=C(NCC)N1CCN(c2ccccc2)CC1.I. The van der Waals surface area contributed by atoms with Crippen molar-refractivity contribution in [1.29, 1.82) is 0 Å². The summed E-state index contributed by atoms with van der Waals surface area (Å²) in [7, 11) is 0. The Morgan fingerprint density at radius 2 is 1.87 bits per heavy atom. The number of hydrogen-bond donors (Lipinski definition) is 1. The summed E-state index contributed by atoms with van der Waals surface area (Å²) in [5, 5.41) is 3.42. The van der Waals surface area contributed by atoms with E-state index in [1.807, 2.05) is 0 Å². The Kier molecular flexibility index (Phi) is 9.75. The van der Waals surface area contributed by atoms with Crippen LogP contribution in [0.3, 0.4) is 0 Å². The first-order valence-electron chi connectivity index (χ1n) is 8.29. The number of hydrogen-bond acceptors (Lipinski definition) is 2. The van der Waals surface area contributed by atoms with Gasteiger partial charge in [-0.05, 0) is 32.4 Å². The maximum absolute atomic E-state index is 4.73. The molecule has 0 aliphatic carbocycles. The third-order valence-corrected chi connectivity index (χ3v) is 3.83. The van der Waals surface area contributed by atoms with Crippen molar-refractivity contribution in [3.63, 3.8) is 0 Å². The van der Waals surface area contributed by atoms with E-state index in [2.05, 4.69) is 71.4 Å². The van der Waals surface area contributed by atoms with Crippen molar-refractivity contribution in [3.8, 4) is 0 Å². The van der Waals surface area contributed by atoms with Crippen molar-refractivity contribution in [2.24, 2.45) is 4.99 Å². The first-order chi connectivity index (χ1) is 10.8. The molecule has 1 aromatic carbocycles. The van der Waals surface area contributed by atoms with Gasteiger partial charge in [-0.25, -0.2) is 0 Å². The van der Waals surface area contributed by atoms with E-state index >= 15 is 0 Å². The fourth-order valence-electron chi connectivity index (χ4n) is 2.65. The number of anilines is 1. The fourth-order valence-corrected chi connectivity index (χ4v) is 2.65. The molecule has 2 rings (SSSR count). The van der Waals surface area contributed by atoms with Gasteiger partial charge in [-0.1, -0.05) is 30.4 Å². The number of allylic oxidation sites excluding steroid dienone is 1. The van der Waals surface area contributed by atoms with Gasteiger partial charge in [-0.2, -0.15) is 0 Å². The molecule has 1 fully saturated rings. The smallest absolute Gasteiger partial charge is 0.194 e. The van der Waals surface area contributed by atoms with E-state index in [4.69, 9.17) is 4.99 Å². The van der Waals surface area contributed by atoms with Gasteiger partial charge in [0.15, 0.2) is 5.96 Å². The maximum Gasteiger partial charge on any atom is 0.194 e. The zero-order chi connectivity index (χ0) is 15.6.